The lowest BCUT2D eigenvalue weighted by Crippen LogP contribution is -2.07. The van der Waals surface area contributed by atoms with Crippen molar-refractivity contribution in [1.82, 2.24) is 0 Å². The Bertz CT molecular complexity index is 158. The Kier molecular flexibility index (Phi) is 1.24. The maximum absolute atomic E-state index is 10.5. The van der Waals surface area contributed by atoms with Crippen LogP contribution in [0.4, 0.5) is 0 Å². The van der Waals surface area contributed by atoms with Crippen LogP contribution in [0.2, 0.25) is 0 Å². The zero-order chi connectivity index (χ0) is 5.98. The molecular formula is C6H7NO. The van der Waals surface area contributed by atoms with Crippen molar-refractivity contribution >= 4 is 12.1 Å². The monoisotopic (exact) mass is 109 g/mol. The van der Waals surface area contributed by atoms with Crippen molar-refractivity contribution in [2.75, 3.05) is 0 Å². The van der Waals surface area contributed by atoms with Gasteiger partial charge >= 0.3 is 0 Å². The van der Waals surface area contributed by atoms with Crippen LogP contribution in [0.15, 0.2) is 17.1 Å². The molecule has 1 rings (SSSR count). The van der Waals surface area contributed by atoms with Crippen LogP contribution in [0.1, 0.15) is 6.92 Å². The first-order valence-electron chi connectivity index (χ1n) is 2.55. The van der Waals surface area contributed by atoms with Gasteiger partial charge < -0.3 is 0 Å². The number of rotatable bonds is 0. The van der Waals surface area contributed by atoms with E-state index in [2.05, 4.69) is 4.99 Å². The number of allylic oxidation sites excluding steroid dienone is 1. The van der Waals surface area contributed by atoms with Gasteiger partial charge in [-0.2, -0.15) is 0 Å². The molecule has 0 aromatic carbocycles. The number of amides is 1. The number of hydrogen-bond donors (Lipinski definition) is 0. The lowest BCUT2D eigenvalue weighted by molar-refractivity contribution is -0.119. The van der Waals surface area contributed by atoms with Crippen LogP contribution in [0.5, 0.6) is 0 Å². The van der Waals surface area contributed by atoms with E-state index < -0.39 is 0 Å². The normalized spacial score (nSPS) is 26.6. The lowest BCUT2D eigenvalue weighted by Gasteiger charge is -2.00. The highest BCUT2D eigenvalue weighted by molar-refractivity contribution is 5.94. The minimum atomic E-state index is -0.0486. The van der Waals surface area contributed by atoms with Crippen molar-refractivity contribution < 1.29 is 4.79 Å². The summed E-state index contributed by atoms with van der Waals surface area (Å²) in [6, 6.07) is 0. The van der Waals surface area contributed by atoms with Gasteiger partial charge in [0, 0.05) is 6.21 Å². The molecule has 0 spiro atoms. The Labute approximate surface area is 47.9 Å². The number of nitrogens with zero attached hydrogens (tertiary/aromatic N) is 1. The molecule has 8 heavy (non-hydrogen) atoms. The zero-order valence-corrected chi connectivity index (χ0v) is 4.66. The summed E-state index contributed by atoms with van der Waals surface area (Å²) in [4.78, 5) is 14.1. The summed E-state index contributed by atoms with van der Waals surface area (Å²) in [5.41, 5.74) is 0. The van der Waals surface area contributed by atoms with Gasteiger partial charge in [0.25, 0.3) is 5.91 Å². The molecule has 0 fully saturated rings. The molecule has 1 aliphatic heterocycles. The van der Waals surface area contributed by atoms with Gasteiger partial charge in [-0.15, -0.1) is 0 Å². The van der Waals surface area contributed by atoms with E-state index in [1.165, 1.54) is 6.21 Å². The molecule has 2 nitrogen and oxygen atoms in total. The molecule has 1 atom stereocenters. The largest absolute Gasteiger partial charge is 0.272 e. The summed E-state index contributed by atoms with van der Waals surface area (Å²) in [5.74, 6) is -0.0625. The lowest BCUT2D eigenvalue weighted by atomic mass is 10.1. The van der Waals surface area contributed by atoms with Crippen LogP contribution in [0.25, 0.3) is 0 Å². The molecule has 1 amide bonds. The second-order valence-electron chi connectivity index (χ2n) is 1.79. The third-order valence-corrected chi connectivity index (χ3v) is 1.08. The van der Waals surface area contributed by atoms with Crippen molar-refractivity contribution in [1.29, 1.82) is 0 Å². The van der Waals surface area contributed by atoms with Gasteiger partial charge in [0.15, 0.2) is 0 Å². The maximum Gasteiger partial charge on any atom is 0.252 e. The molecule has 0 saturated carbocycles. The van der Waals surface area contributed by atoms with E-state index in [4.69, 9.17) is 0 Å². The summed E-state index contributed by atoms with van der Waals surface area (Å²) >= 11 is 0. The van der Waals surface area contributed by atoms with Gasteiger partial charge in [-0.3, -0.25) is 4.79 Å². The number of carbonyl (C=O) groups excluding carboxylic acids is 1. The van der Waals surface area contributed by atoms with Crippen molar-refractivity contribution in [3.05, 3.63) is 12.2 Å². The van der Waals surface area contributed by atoms with E-state index in [-0.39, 0.29) is 11.8 Å². The first-order chi connectivity index (χ1) is 3.80. The molecule has 0 saturated heterocycles. The maximum atomic E-state index is 10.5. The molecule has 0 N–H and O–H groups in total. The molecule has 1 heterocycles. The number of dihydropyridines is 1. The first kappa shape index (κ1) is 5.22. The minimum absolute atomic E-state index is 0.0139. The van der Waals surface area contributed by atoms with E-state index in [1.54, 1.807) is 6.08 Å². The SMILES string of the molecule is C[C@@H]1C=CC=NC1=O. The fourth-order valence-electron chi connectivity index (χ4n) is 0.533. The van der Waals surface area contributed by atoms with Crippen molar-refractivity contribution in [2.45, 2.75) is 6.92 Å². The van der Waals surface area contributed by atoms with Gasteiger partial charge in [0.2, 0.25) is 0 Å². The Balaban J connectivity index is 2.74. The molecule has 0 radical (unpaired) electrons. The molecule has 1 aliphatic rings. The first-order valence-corrected chi connectivity index (χ1v) is 2.55. The average molecular weight is 109 g/mol. The third-order valence-electron chi connectivity index (χ3n) is 1.08. The van der Waals surface area contributed by atoms with Crippen LogP contribution < -0.4 is 0 Å². The van der Waals surface area contributed by atoms with E-state index in [0.29, 0.717) is 0 Å². The zero-order valence-electron chi connectivity index (χ0n) is 4.66. The summed E-state index contributed by atoms with van der Waals surface area (Å²) < 4.78 is 0. The average Bonchev–Trinajstić information content (AvgIpc) is 1.77. The molecule has 0 aromatic heterocycles. The fourth-order valence-corrected chi connectivity index (χ4v) is 0.533. The Morgan fingerprint density at radius 1 is 1.75 bits per heavy atom. The van der Waals surface area contributed by atoms with E-state index >= 15 is 0 Å². The predicted molar refractivity (Wildman–Crippen MR) is 31.8 cm³/mol. The van der Waals surface area contributed by atoms with Crippen molar-refractivity contribution in [3.8, 4) is 0 Å². The number of hydrogen-bond acceptors (Lipinski definition) is 1. The molecule has 2 heteroatoms. The fraction of sp³-hybridized carbons (Fsp3) is 0.333. The highest BCUT2D eigenvalue weighted by Crippen LogP contribution is 2.02. The smallest absolute Gasteiger partial charge is 0.252 e. The quantitative estimate of drug-likeness (QED) is 0.452. The van der Waals surface area contributed by atoms with Crippen molar-refractivity contribution in [2.24, 2.45) is 10.9 Å². The Hall–Kier alpha value is -0.920. The van der Waals surface area contributed by atoms with Crippen molar-refractivity contribution in [3.63, 3.8) is 0 Å². The molecule has 0 unspecified atom stereocenters. The topological polar surface area (TPSA) is 29.4 Å². The molecule has 0 bridgehead atoms. The summed E-state index contributed by atoms with van der Waals surface area (Å²) in [7, 11) is 0. The Morgan fingerprint density at radius 3 is 2.88 bits per heavy atom. The minimum Gasteiger partial charge on any atom is -0.272 e. The summed E-state index contributed by atoms with van der Waals surface area (Å²) in [6.45, 7) is 1.83. The Morgan fingerprint density at radius 2 is 2.50 bits per heavy atom. The van der Waals surface area contributed by atoms with Gasteiger partial charge in [0.1, 0.15) is 0 Å². The number of aliphatic imine (C=N–C) groups is 1. The standard InChI is InChI=1S/C6H7NO/c1-5-3-2-4-7-6(5)8/h2-5H,1H3/t5-/m1/s1. The molecular weight excluding hydrogens is 102 g/mol. The van der Waals surface area contributed by atoms with Crippen LogP contribution in [0.3, 0.4) is 0 Å². The molecule has 0 aromatic rings. The van der Waals surface area contributed by atoms with E-state index in [0.717, 1.165) is 0 Å². The van der Waals surface area contributed by atoms with Gasteiger partial charge in [-0.25, -0.2) is 4.99 Å². The summed E-state index contributed by atoms with van der Waals surface area (Å²) in [5, 5.41) is 0. The van der Waals surface area contributed by atoms with E-state index in [1.807, 2.05) is 13.0 Å². The van der Waals surface area contributed by atoms with Gasteiger partial charge in [0.05, 0.1) is 5.92 Å². The highest BCUT2D eigenvalue weighted by Gasteiger charge is 2.07. The summed E-state index contributed by atoms with van der Waals surface area (Å²) in [6.07, 6.45) is 5.13. The van der Waals surface area contributed by atoms with Gasteiger partial charge in [-0.05, 0) is 13.0 Å². The molecule has 0 aliphatic carbocycles. The second-order valence-corrected chi connectivity index (χ2v) is 1.79. The van der Waals surface area contributed by atoms with Crippen LogP contribution in [-0.4, -0.2) is 12.1 Å². The third kappa shape index (κ3) is 0.832. The predicted octanol–water partition coefficient (Wildman–Crippen LogP) is 0.790. The van der Waals surface area contributed by atoms with E-state index in [9.17, 15) is 4.79 Å². The van der Waals surface area contributed by atoms with Gasteiger partial charge in [-0.1, -0.05) is 6.08 Å². The number of carbonyl (C=O) groups is 1. The van der Waals surface area contributed by atoms with Crippen LogP contribution >= 0.6 is 0 Å². The van der Waals surface area contributed by atoms with Crippen LogP contribution in [-0.2, 0) is 4.79 Å². The molecule has 42 valence electrons. The highest BCUT2D eigenvalue weighted by atomic mass is 16.1. The second kappa shape index (κ2) is 1.90. The van der Waals surface area contributed by atoms with Crippen LogP contribution in [0, 0.1) is 5.92 Å².